The first-order valence-electron chi connectivity index (χ1n) is 3.33. The fourth-order valence-electron chi connectivity index (χ4n) is 0.415. The van der Waals surface area contributed by atoms with Crippen molar-refractivity contribution in [1.29, 1.82) is 0 Å². The van der Waals surface area contributed by atoms with Gasteiger partial charge in [0.25, 0.3) is 0 Å². The van der Waals surface area contributed by atoms with Crippen molar-refractivity contribution >= 4 is 6.09 Å². The first-order valence-corrected chi connectivity index (χ1v) is 3.33. The van der Waals surface area contributed by atoms with Crippen LogP contribution in [-0.4, -0.2) is 19.2 Å². The molecule has 0 aliphatic carbocycles. The lowest BCUT2D eigenvalue weighted by Gasteiger charge is -2.00. The largest absolute Gasteiger partial charge is 0.445 e. The van der Waals surface area contributed by atoms with E-state index in [4.69, 9.17) is 0 Å². The lowest BCUT2D eigenvalue weighted by Crippen LogP contribution is -2.23. The van der Waals surface area contributed by atoms with Crippen molar-refractivity contribution in [3.8, 4) is 0 Å². The number of rotatable bonds is 3. The highest BCUT2D eigenvalue weighted by Crippen LogP contribution is 1.78. The molecule has 0 bridgehead atoms. The molecule has 0 aliphatic rings. The Kier molecular flexibility index (Phi) is 5.53. The Balaban J connectivity index is 3.21. The molecule has 0 rings (SSSR count). The monoisotopic (exact) mass is 143 g/mol. The van der Waals surface area contributed by atoms with Gasteiger partial charge in [0.1, 0.15) is 6.61 Å². The third-order valence-electron chi connectivity index (χ3n) is 0.867. The van der Waals surface area contributed by atoms with Gasteiger partial charge in [-0.15, -0.1) is 0 Å². The van der Waals surface area contributed by atoms with Gasteiger partial charge >= 0.3 is 6.09 Å². The first kappa shape index (κ1) is 9.01. The van der Waals surface area contributed by atoms with Crippen LogP contribution < -0.4 is 5.32 Å². The zero-order valence-electron chi connectivity index (χ0n) is 6.39. The minimum absolute atomic E-state index is 0.350. The van der Waals surface area contributed by atoms with Crippen LogP contribution in [0.25, 0.3) is 0 Å². The average molecular weight is 143 g/mol. The van der Waals surface area contributed by atoms with Gasteiger partial charge in [-0.05, 0) is 13.8 Å². The lowest BCUT2D eigenvalue weighted by molar-refractivity contribution is 0.159. The van der Waals surface area contributed by atoms with Crippen molar-refractivity contribution in [2.24, 2.45) is 0 Å². The molecule has 0 fully saturated rings. The summed E-state index contributed by atoms with van der Waals surface area (Å²) in [5.74, 6) is 0. The van der Waals surface area contributed by atoms with Crippen LogP contribution in [0.5, 0.6) is 0 Å². The van der Waals surface area contributed by atoms with E-state index in [1.807, 2.05) is 19.9 Å². The third-order valence-corrected chi connectivity index (χ3v) is 0.867. The fourth-order valence-corrected chi connectivity index (χ4v) is 0.415. The van der Waals surface area contributed by atoms with Gasteiger partial charge in [-0.1, -0.05) is 12.2 Å². The first-order chi connectivity index (χ1) is 4.81. The maximum atomic E-state index is 10.6. The van der Waals surface area contributed by atoms with Crippen molar-refractivity contribution in [2.45, 2.75) is 13.8 Å². The Labute approximate surface area is 61.1 Å². The standard InChI is InChI=1S/C7H13NO2/c1-3-5-6-10-7(9)8-4-2/h3,5H,4,6H2,1-2H3,(H,8,9)/b5-3-. The molecular weight excluding hydrogens is 130 g/mol. The fraction of sp³-hybridized carbons (Fsp3) is 0.571. The molecule has 0 heterocycles. The normalized spacial score (nSPS) is 9.80. The Bertz CT molecular complexity index is 121. The zero-order valence-corrected chi connectivity index (χ0v) is 6.39. The Hall–Kier alpha value is -0.990. The van der Waals surface area contributed by atoms with Gasteiger partial charge in [0.2, 0.25) is 0 Å². The topological polar surface area (TPSA) is 38.3 Å². The van der Waals surface area contributed by atoms with Crippen molar-refractivity contribution in [2.75, 3.05) is 13.2 Å². The number of carbonyl (C=O) groups is 1. The minimum atomic E-state index is -0.361. The van der Waals surface area contributed by atoms with E-state index in [-0.39, 0.29) is 6.09 Å². The molecule has 1 N–H and O–H groups in total. The molecule has 0 saturated heterocycles. The molecule has 58 valence electrons. The summed E-state index contributed by atoms with van der Waals surface area (Å²) in [6.45, 7) is 4.68. The number of hydrogen-bond donors (Lipinski definition) is 1. The van der Waals surface area contributed by atoms with E-state index < -0.39 is 0 Å². The van der Waals surface area contributed by atoms with Crippen LogP contribution in [0.3, 0.4) is 0 Å². The molecule has 0 radical (unpaired) electrons. The van der Waals surface area contributed by atoms with Gasteiger partial charge in [-0.2, -0.15) is 0 Å². The molecule has 3 heteroatoms. The van der Waals surface area contributed by atoms with E-state index in [0.717, 1.165) is 0 Å². The van der Waals surface area contributed by atoms with Gasteiger partial charge in [0.05, 0.1) is 0 Å². The minimum Gasteiger partial charge on any atom is -0.445 e. The smallest absolute Gasteiger partial charge is 0.407 e. The van der Waals surface area contributed by atoms with E-state index in [0.29, 0.717) is 13.2 Å². The molecular formula is C7H13NO2. The Morgan fingerprint density at radius 3 is 2.90 bits per heavy atom. The number of nitrogens with one attached hydrogen (secondary N) is 1. The van der Waals surface area contributed by atoms with Crippen LogP contribution in [0.4, 0.5) is 4.79 Å². The molecule has 0 aromatic heterocycles. The second-order valence-electron chi connectivity index (χ2n) is 1.70. The number of allylic oxidation sites excluding steroid dienone is 1. The molecule has 0 spiro atoms. The van der Waals surface area contributed by atoms with Crippen molar-refractivity contribution in [3.63, 3.8) is 0 Å². The second kappa shape index (κ2) is 6.13. The number of amides is 1. The maximum absolute atomic E-state index is 10.6. The predicted molar refractivity (Wildman–Crippen MR) is 39.8 cm³/mol. The third kappa shape index (κ3) is 5.15. The number of hydrogen-bond acceptors (Lipinski definition) is 2. The highest BCUT2D eigenvalue weighted by atomic mass is 16.5. The van der Waals surface area contributed by atoms with Gasteiger partial charge in [-0.3, -0.25) is 0 Å². The molecule has 10 heavy (non-hydrogen) atoms. The van der Waals surface area contributed by atoms with Crippen molar-refractivity contribution < 1.29 is 9.53 Å². The van der Waals surface area contributed by atoms with Gasteiger partial charge < -0.3 is 10.1 Å². The molecule has 0 aromatic rings. The number of alkyl carbamates (subject to hydrolysis) is 1. The van der Waals surface area contributed by atoms with E-state index in [1.54, 1.807) is 6.08 Å². The zero-order chi connectivity index (χ0) is 7.82. The highest BCUT2D eigenvalue weighted by Gasteiger charge is 1.94. The lowest BCUT2D eigenvalue weighted by atomic mass is 10.6. The Morgan fingerprint density at radius 2 is 2.40 bits per heavy atom. The summed E-state index contributed by atoms with van der Waals surface area (Å²) in [5, 5.41) is 2.51. The van der Waals surface area contributed by atoms with Crippen LogP contribution in [0.2, 0.25) is 0 Å². The SMILES string of the molecule is C/C=C\COC(=O)NCC. The summed E-state index contributed by atoms with van der Waals surface area (Å²) in [7, 11) is 0. The molecule has 1 amide bonds. The summed E-state index contributed by atoms with van der Waals surface area (Å²) in [5.41, 5.74) is 0. The maximum Gasteiger partial charge on any atom is 0.407 e. The molecule has 0 atom stereocenters. The van der Waals surface area contributed by atoms with E-state index in [1.165, 1.54) is 0 Å². The summed E-state index contributed by atoms with van der Waals surface area (Å²) in [6, 6.07) is 0. The summed E-state index contributed by atoms with van der Waals surface area (Å²) < 4.78 is 4.69. The Morgan fingerprint density at radius 1 is 1.70 bits per heavy atom. The van der Waals surface area contributed by atoms with Crippen LogP contribution in [0.15, 0.2) is 12.2 Å². The van der Waals surface area contributed by atoms with Crippen molar-refractivity contribution in [1.82, 2.24) is 5.32 Å². The molecule has 0 unspecified atom stereocenters. The van der Waals surface area contributed by atoms with Crippen LogP contribution >= 0.6 is 0 Å². The summed E-state index contributed by atoms with van der Waals surface area (Å²) >= 11 is 0. The summed E-state index contributed by atoms with van der Waals surface area (Å²) in [6.07, 6.45) is 3.25. The van der Waals surface area contributed by atoms with Crippen LogP contribution in [-0.2, 0) is 4.74 Å². The van der Waals surface area contributed by atoms with E-state index >= 15 is 0 Å². The van der Waals surface area contributed by atoms with Crippen molar-refractivity contribution in [3.05, 3.63) is 12.2 Å². The average Bonchev–Trinajstić information content (AvgIpc) is 1.89. The van der Waals surface area contributed by atoms with E-state index in [9.17, 15) is 4.79 Å². The van der Waals surface area contributed by atoms with Crippen LogP contribution in [0.1, 0.15) is 13.8 Å². The molecule has 0 aromatic carbocycles. The van der Waals surface area contributed by atoms with Crippen LogP contribution in [0, 0.1) is 0 Å². The highest BCUT2D eigenvalue weighted by molar-refractivity contribution is 5.67. The molecule has 0 aliphatic heterocycles. The predicted octanol–water partition coefficient (Wildman–Crippen LogP) is 1.31. The second-order valence-corrected chi connectivity index (χ2v) is 1.70. The summed E-state index contributed by atoms with van der Waals surface area (Å²) in [4.78, 5) is 10.6. The van der Waals surface area contributed by atoms with Gasteiger partial charge in [0.15, 0.2) is 0 Å². The molecule has 3 nitrogen and oxygen atoms in total. The number of carbonyl (C=O) groups excluding carboxylic acids is 1. The van der Waals surface area contributed by atoms with Gasteiger partial charge in [-0.25, -0.2) is 4.79 Å². The van der Waals surface area contributed by atoms with Gasteiger partial charge in [0, 0.05) is 6.54 Å². The molecule has 0 saturated carbocycles. The quantitative estimate of drug-likeness (QED) is 0.605. The van der Waals surface area contributed by atoms with E-state index in [2.05, 4.69) is 10.1 Å². The number of ether oxygens (including phenoxy) is 1.